The highest BCUT2D eigenvalue weighted by Crippen LogP contribution is 2.56. The number of fused-ring (bicyclic) bond motifs is 3. The Balaban J connectivity index is 0.00000121. The van der Waals surface area contributed by atoms with Crippen LogP contribution in [0.5, 0.6) is 0 Å². The summed E-state index contributed by atoms with van der Waals surface area (Å²) in [4.78, 5) is 19.6. The van der Waals surface area contributed by atoms with Crippen molar-refractivity contribution in [1.82, 2.24) is 10.3 Å². The summed E-state index contributed by atoms with van der Waals surface area (Å²) in [6.07, 6.45) is 2.33. The molecule has 0 bridgehead atoms. The fourth-order valence-electron chi connectivity index (χ4n) is 3.50. The van der Waals surface area contributed by atoms with Crippen LogP contribution in [0.25, 0.3) is 4.85 Å². The molecule has 2 amide bonds. The van der Waals surface area contributed by atoms with Crippen LogP contribution in [0.2, 0.25) is 0 Å². The van der Waals surface area contributed by atoms with Crippen LogP contribution in [0, 0.1) is 23.8 Å². The zero-order valence-electron chi connectivity index (χ0n) is 12.7. The van der Waals surface area contributed by atoms with Crippen LogP contribution in [0.15, 0.2) is 36.5 Å². The largest absolute Gasteiger partial charge is 0.334 e. The van der Waals surface area contributed by atoms with E-state index in [2.05, 4.69) is 20.5 Å². The van der Waals surface area contributed by atoms with Gasteiger partial charge in [0, 0.05) is 21.0 Å². The number of amides is 2. The summed E-state index contributed by atoms with van der Waals surface area (Å²) in [6, 6.07) is 10.8. The van der Waals surface area contributed by atoms with Gasteiger partial charge in [0.15, 0.2) is 5.69 Å². The Hall–Kier alpha value is -3.38. The second kappa shape index (κ2) is 5.36. The van der Waals surface area contributed by atoms with Crippen LogP contribution in [-0.2, 0) is 6.42 Å². The molecule has 1 fully saturated rings. The van der Waals surface area contributed by atoms with Crippen molar-refractivity contribution in [1.29, 1.82) is 5.26 Å². The lowest BCUT2D eigenvalue weighted by Gasteiger charge is -2.11. The number of rotatable bonds is 2. The number of carbonyl (C=O) groups is 1. The molecule has 4 rings (SSSR count). The summed E-state index contributed by atoms with van der Waals surface area (Å²) in [6.45, 7) is 7.07. The monoisotopic (exact) mass is 319 g/mol. The van der Waals surface area contributed by atoms with Crippen LogP contribution in [0.1, 0.15) is 25.5 Å². The van der Waals surface area contributed by atoms with E-state index in [1.807, 2.05) is 24.3 Å². The van der Waals surface area contributed by atoms with Gasteiger partial charge in [-0.15, -0.1) is 0 Å². The standard InChI is InChI=1S/C18H13N5O.2H2/c1-20-12-3-4-13-11(6-12)7-14-16(13)17(14)23-18(24)22-15-5-2-10(8-19)9-21-15;;/h2-6,9,14,16-17H,7H2,(H2,21,22,23,24);2*1H/t14-,16+,17-;;/m1../s1. The Bertz CT molecular complexity index is 917. The van der Waals surface area contributed by atoms with Gasteiger partial charge in [-0.05, 0) is 30.0 Å². The number of anilines is 1. The van der Waals surface area contributed by atoms with Crippen molar-refractivity contribution >= 4 is 17.5 Å². The minimum absolute atomic E-state index is 0. The quantitative estimate of drug-likeness (QED) is 0.832. The highest BCUT2D eigenvalue weighted by Gasteiger charge is 2.56. The summed E-state index contributed by atoms with van der Waals surface area (Å²) < 4.78 is 0. The molecule has 2 aromatic rings. The van der Waals surface area contributed by atoms with Crippen LogP contribution >= 0.6 is 0 Å². The molecule has 1 heterocycles. The lowest BCUT2D eigenvalue weighted by Crippen LogP contribution is -2.33. The van der Waals surface area contributed by atoms with E-state index in [1.54, 1.807) is 12.1 Å². The number of nitriles is 1. The van der Waals surface area contributed by atoms with Crippen molar-refractivity contribution in [3.63, 3.8) is 0 Å². The van der Waals surface area contributed by atoms with E-state index in [4.69, 9.17) is 11.8 Å². The number of aromatic nitrogens is 1. The van der Waals surface area contributed by atoms with E-state index in [0.29, 0.717) is 28.9 Å². The maximum atomic E-state index is 12.1. The summed E-state index contributed by atoms with van der Waals surface area (Å²) in [5.41, 5.74) is 3.59. The third kappa shape index (κ3) is 2.35. The molecule has 1 saturated carbocycles. The molecular formula is C18H17N5O. The average Bonchev–Trinajstić information content (AvgIpc) is 3.11. The van der Waals surface area contributed by atoms with Crippen molar-refractivity contribution in [2.75, 3.05) is 5.32 Å². The maximum Gasteiger partial charge on any atom is 0.320 e. The topological polar surface area (TPSA) is 82.2 Å². The van der Waals surface area contributed by atoms with Crippen LogP contribution in [-0.4, -0.2) is 17.1 Å². The molecule has 0 radical (unpaired) electrons. The highest BCUT2D eigenvalue weighted by molar-refractivity contribution is 5.89. The molecule has 1 aromatic carbocycles. The van der Waals surface area contributed by atoms with Gasteiger partial charge in [-0.2, -0.15) is 5.26 Å². The summed E-state index contributed by atoms with van der Waals surface area (Å²) in [5, 5.41) is 14.4. The number of nitrogens with one attached hydrogen (secondary N) is 2. The SMILES string of the molecule is [C-]#[N+]c1ccc2c(c1)C[C@H]1[C@@H](NC(=O)Nc3ccc(C#N)cn3)[C@@H]21.[HH].[HH]. The van der Waals surface area contributed by atoms with Crippen molar-refractivity contribution in [2.45, 2.75) is 18.4 Å². The molecule has 2 aliphatic rings. The predicted octanol–water partition coefficient (Wildman–Crippen LogP) is 3.46. The Morgan fingerprint density at radius 1 is 1.42 bits per heavy atom. The zero-order chi connectivity index (χ0) is 16.7. The van der Waals surface area contributed by atoms with Gasteiger partial charge in [-0.1, -0.05) is 23.8 Å². The van der Waals surface area contributed by atoms with Crippen LogP contribution in [0.3, 0.4) is 0 Å². The smallest absolute Gasteiger partial charge is 0.320 e. The van der Waals surface area contributed by atoms with Gasteiger partial charge >= 0.3 is 6.03 Å². The van der Waals surface area contributed by atoms with Crippen molar-refractivity contribution < 1.29 is 7.65 Å². The van der Waals surface area contributed by atoms with Crippen molar-refractivity contribution in [3.05, 3.63) is 64.6 Å². The van der Waals surface area contributed by atoms with E-state index in [9.17, 15) is 4.79 Å². The zero-order valence-corrected chi connectivity index (χ0v) is 12.7. The first-order chi connectivity index (χ1) is 11.7. The van der Waals surface area contributed by atoms with Gasteiger partial charge < -0.3 is 5.32 Å². The highest BCUT2D eigenvalue weighted by atomic mass is 16.2. The Morgan fingerprint density at radius 2 is 2.29 bits per heavy atom. The molecule has 0 saturated heterocycles. The van der Waals surface area contributed by atoms with Crippen molar-refractivity contribution in [2.24, 2.45) is 5.92 Å². The van der Waals surface area contributed by atoms with Gasteiger partial charge in [0.1, 0.15) is 11.9 Å². The van der Waals surface area contributed by atoms with Crippen molar-refractivity contribution in [3.8, 4) is 6.07 Å². The Morgan fingerprint density at radius 3 is 3.00 bits per heavy atom. The Kier molecular flexibility index (Phi) is 3.18. The number of pyridine rings is 1. The number of carbonyl (C=O) groups excluding carboxylic acids is 1. The first kappa shape index (κ1) is 14.2. The molecule has 0 aliphatic heterocycles. The molecule has 2 N–H and O–H groups in total. The van der Waals surface area contributed by atoms with Crippen LogP contribution < -0.4 is 10.6 Å². The van der Waals surface area contributed by atoms with Gasteiger partial charge in [-0.25, -0.2) is 14.6 Å². The predicted molar refractivity (Wildman–Crippen MR) is 91.8 cm³/mol. The fourth-order valence-corrected chi connectivity index (χ4v) is 3.50. The number of benzene rings is 1. The minimum atomic E-state index is -0.286. The molecule has 0 spiro atoms. The number of hydrogen-bond donors (Lipinski definition) is 2. The third-order valence-electron chi connectivity index (χ3n) is 4.67. The molecule has 2 aliphatic carbocycles. The molecule has 1 aromatic heterocycles. The summed E-state index contributed by atoms with van der Waals surface area (Å²) in [5.74, 6) is 1.18. The van der Waals surface area contributed by atoms with Gasteiger partial charge in [-0.3, -0.25) is 5.32 Å². The molecule has 0 unspecified atom stereocenters. The lowest BCUT2D eigenvalue weighted by atomic mass is 10.0. The van der Waals surface area contributed by atoms with E-state index in [0.717, 1.165) is 6.42 Å². The molecule has 120 valence electrons. The minimum Gasteiger partial charge on any atom is -0.334 e. The molecule has 24 heavy (non-hydrogen) atoms. The molecule has 3 atom stereocenters. The van der Waals surface area contributed by atoms with Crippen LogP contribution in [0.4, 0.5) is 16.3 Å². The van der Waals surface area contributed by atoms with E-state index < -0.39 is 0 Å². The number of nitrogens with zero attached hydrogens (tertiary/aromatic N) is 3. The number of urea groups is 1. The fraction of sp³-hybridized carbons (Fsp3) is 0.222. The second-order valence-electron chi connectivity index (χ2n) is 6.06. The van der Waals surface area contributed by atoms with Gasteiger partial charge in [0.25, 0.3) is 0 Å². The second-order valence-corrected chi connectivity index (χ2v) is 6.06. The van der Waals surface area contributed by atoms with E-state index >= 15 is 0 Å². The maximum absolute atomic E-state index is 12.1. The van der Waals surface area contributed by atoms with E-state index in [-0.39, 0.29) is 14.9 Å². The third-order valence-corrected chi connectivity index (χ3v) is 4.67. The Labute approximate surface area is 141 Å². The average molecular weight is 319 g/mol. The first-order valence-electron chi connectivity index (χ1n) is 7.63. The molecule has 6 nitrogen and oxygen atoms in total. The van der Waals surface area contributed by atoms with Gasteiger partial charge in [0.05, 0.1) is 12.1 Å². The summed E-state index contributed by atoms with van der Waals surface area (Å²) in [7, 11) is 0. The normalized spacial score (nSPS) is 22.5. The lowest BCUT2D eigenvalue weighted by molar-refractivity contribution is 0.251. The number of hydrogen-bond acceptors (Lipinski definition) is 3. The van der Waals surface area contributed by atoms with Gasteiger partial charge in [0.2, 0.25) is 0 Å². The summed E-state index contributed by atoms with van der Waals surface area (Å²) >= 11 is 0. The molecular weight excluding hydrogens is 302 g/mol. The molecule has 6 heteroatoms. The van der Waals surface area contributed by atoms with E-state index in [1.165, 1.54) is 17.3 Å². The first-order valence-corrected chi connectivity index (χ1v) is 7.63.